The van der Waals surface area contributed by atoms with E-state index < -0.39 is 7.60 Å². The Kier molecular flexibility index (Phi) is 11.4. The Morgan fingerprint density at radius 3 is 2.12 bits per heavy atom. The maximum absolute atomic E-state index is 12.9. The Morgan fingerprint density at radius 1 is 0.962 bits per heavy atom. The van der Waals surface area contributed by atoms with Gasteiger partial charge in [0.1, 0.15) is 0 Å². The molecule has 0 aromatic heterocycles. The molecule has 0 saturated carbocycles. The van der Waals surface area contributed by atoms with Crippen molar-refractivity contribution >= 4 is 12.9 Å². The first-order valence-electron chi connectivity index (χ1n) is 10.5. The summed E-state index contributed by atoms with van der Waals surface area (Å²) in [5.41, 5.74) is 0. The van der Waals surface area contributed by atoms with Crippen LogP contribution in [-0.2, 0) is 9.09 Å². The van der Waals surface area contributed by atoms with Crippen molar-refractivity contribution in [2.75, 3.05) is 0 Å². The molecule has 4 heteroatoms. The summed E-state index contributed by atoms with van der Waals surface area (Å²) >= 11 is 0. The third-order valence-corrected chi connectivity index (χ3v) is 6.96. The Bertz CT molecular complexity index is 517. The summed E-state index contributed by atoms with van der Waals surface area (Å²) in [6.45, 7) is 8.81. The van der Waals surface area contributed by atoms with Gasteiger partial charge in [0.25, 0.3) is 0 Å². The molecule has 0 radical (unpaired) electrons. The number of hydrogen-bond donors (Lipinski definition) is 1. The van der Waals surface area contributed by atoms with Gasteiger partial charge >= 0.3 is 7.60 Å². The largest absolute Gasteiger partial charge is 0.359 e. The summed E-state index contributed by atoms with van der Waals surface area (Å²) < 4.78 is 18.9. The van der Waals surface area contributed by atoms with Crippen LogP contribution in [0, 0.1) is 11.8 Å². The molecule has 0 saturated heterocycles. The molecule has 0 amide bonds. The van der Waals surface area contributed by atoms with E-state index in [0.29, 0.717) is 17.1 Å². The van der Waals surface area contributed by atoms with Crippen LogP contribution < -0.4 is 5.30 Å². The van der Waals surface area contributed by atoms with Crippen LogP contribution in [0.15, 0.2) is 30.3 Å². The van der Waals surface area contributed by atoms with Gasteiger partial charge in [0.15, 0.2) is 0 Å². The molecule has 26 heavy (non-hydrogen) atoms. The molecular formula is C22H39O3P. The standard InChI is InChI=1S/C22H39O3P/c1-5-9-14-19(7-3)18-22(20(8-4)15-10-6-2)25-26(23,24)21-16-12-11-13-17-21/h11-13,16-17,19-20,22H,5-10,14-15,18H2,1-4H3,(H,23,24). The molecule has 0 fully saturated rings. The molecule has 1 rings (SSSR count). The van der Waals surface area contributed by atoms with Crippen molar-refractivity contribution in [1.29, 1.82) is 0 Å². The lowest BCUT2D eigenvalue weighted by atomic mass is 9.85. The molecule has 0 aliphatic rings. The molecule has 4 atom stereocenters. The first-order valence-corrected chi connectivity index (χ1v) is 12.1. The first-order chi connectivity index (χ1) is 12.5. The molecule has 0 aliphatic carbocycles. The van der Waals surface area contributed by atoms with E-state index in [-0.39, 0.29) is 6.10 Å². The van der Waals surface area contributed by atoms with E-state index in [1.807, 2.05) is 6.07 Å². The summed E-state index contributed by atoms with van der Waals surface area (Å²) in [4.78, 5) is 10.6. The minimum Gasteiger partial charge on any atom is -0.321 e. The number of hydrogen-bond acceptors (Lipinski definition) is 2. The maximum Gasteiger partial charge on any atom is 0.359 e. The number of rotatable bonds is 14. The second kappa shape index (κ2) is 12.7. The predicted octanol–water partition coefficient (Wildman–Crippen LogP) is 6.71. The summed E-state index contributed by atoms with van der Waals surface area (Å²) in [6, 6.07) is 8.83. The van der Waals surface area contributed by atoms with Crippen LogP contribution in [0.5, 0.6) is 0 Å². The van der Waals surface area contributed by atoms with Gasteiger partial charge in [-0.2, -0.15) is 0 Å². The fourth-order valence-electron chi connectivity index (χ4n) is 3.61. The van der Waals surface area contributed by atoms with Crippen LogP contribution in [0.1, 0.15) is 85.5 Å². The topological polar surface area (TPSA) is 46.5 Å². The van der Waals surface area contributed by atoms with Gasteiger partial charge in [-0.15, -0.1) is 0 Å². The summed E-state index contributed by atoms with van der Waals surface area (Å²) in [5.74, 6) is 0.904. The van der Waals surface area contributed by atoms with Gasteiger partial charge in [-0.1, -0.05) is 90.8 Å². The minimum atomic E-state index is -3.79. The summed E-state index contributed by atoms with van der Waals surface area (Å²) in [5, 5.41) is 0.400. The highest BCUT2D eigenvalue weighted by atomic mass is 31.2. The highest BCUT2D eigenvalue weighted by Crippen LogP contribution is 2.45. The lowest BCUT2D eigenvalue weighted by Gasteiger charge is -2.31. The van der Waals surface area contributed by atoms with E-state index >= 15 is 0 Å². The quantitative estimate of drug-likeness (QED) is 0.364. The van der Waals surface area contributed by atoms with Gasteiger partial charge in [0.2, 0.25) is 0 Å². The van der Waals surface area contributed by atoms with Gasteiger partial charge in [0.05, 0.1) is 11.4 Å². The zero-order valence-corrected chi connectivity index (χ0v) is 18.1. The fraction of sp³-hybridized carbons (Fsp3) is 0.727. The molecule has 0 spiro atoms. The van der Waals surface area contributed by atoms with Crippen LogP contribution in [-0.4, -0.2) is 11.0 Å². The monoisotopic (exact) mass is 382 g/mol. The van der Waals surface area contributed by atoms with E-state index in [9.17, 15) is 9.46 Å². The highest BCUT2D eigenvalue weighted by Gasteiger charge is 2.32. The molecule has 150 valence electrons. The van der Waals surface area contributed by atoms with Crippen molar-refractivity contribution in [2.24, 2.45) is 11.8 Å². The van der Waals surface area contributed by atoms with Crippen molar-refractivity contribution in [3.05, 3.63) is 30.3 Å². The van der Waals surface area contributed by atoms with Gasteiger partial charge in [-0.25, -0.2) is 0 Å². The van der Waals surface area contributed by atoms with E-state index in [1.165, 1.54) is 19.3 Å². The van der Waals surface area contributed by atoms with Crippen molar-refractivity contribution in [3.63, 3.8) is 0 Å². The third-order valence-electron chi connectivity index (χ3n) is 5.45. The van der Waals surface area contributed by atoms with Crippen molar-refractivity contribution in [2.45, 2.75) is 91.6 Å². The number of unbranched alkanes of at least 4 members (excludes halogenated alkanes) is 2. The molecular weight excluding hydrogens is 343 g/mol. The molecule has 0 aliphatic heterocycles. The second-order valence-electron chi connectivity index (χ2n) is 7.46. The third kappa shape index (κ3) is 7.94. The smallest absolute Gasteiger partial charge is 0.321 e. The molecule has 4 unspecified atom stereocenters. The Morgan fingerprint density at radius 2 is 1.58 bits per heavy atom. The van der Waals surface area contributed by atoms with Gasteiger partial charge in [-0.3, -0.25) is 4.57 Å². The van der Waals surface area contributed by atoms with Crippen LogP contribution in [0.3, 0.4) is 0 Å². The van der Waals surface area contributed by atoms with Crippen LogP contribution in [0.4, 0.5) is 0 Å². The van der Waals surface area contributed by atoms with Crippen molar-refractivity contribution in [3.8, 4) is 0 Å². The molecule has 3 nitrogen and oxygen atoms in total. The van der Waals surface area contributed by atoms with Crippen LogP contribution in [0.2, 0.25) is 0 Å². The van der Waals surface area contributed by atoms with E-state index in [2.05, 4.69) is 27.7 Å². The van der Waals surface area contributed by atoms with Crippen LogP contribution in [0.25, 0.3) is 0 Å². The molecule has 1 aromatic carbocycles. The van der Waals surface area contributed by atoms with Crippen molar-refractivity contribution in [1.82, 2.24) is 0 Å². The first kappa shape index (κ1) is 23.4. The summed E-state index contributed by atoms with van der Waals surface area (Å²) in [7, 11) is -3.79. The van der Waals surface area contributed by atoms with Crippen LogP contribution >= 0.6 is 7.60 Å². The molecule has 0 bridgehead atoms. The molecule has 0 heterocycles. The SMILES string of the molecule is CCCCC(CC)CC(OP(=O)(O)c1ccccc1)C(CC)CCCC. The van der Waals surface area contributed by atoms with Gasteiger partial charge in [0, 0.05) is 0 Å². The average molecular weight is 383 g/mol. The van der Waals surface area contributed by atoms with E-state index in [1.54, 1.807) is 24.3 Å². The highest BCUT2D eigenvalue weighted by molar-refractivity contribution is 7.61. The molecule has 1 N–H and O–H groups in total. The Balaban J connectivity index is 2.96. The second-order valence-corrected chi connectivity index (χ2v) is 9.23. The lowest BCUT2D eigenvalue weighted by Crippen LogP contribution is -2.27. The van der Waals surface area contributed by atoms with E-state index in [0.717, 1.165) is 38.5 Å². The normalized spacial score (nSPS) is 17.4. The predicted molar refractivity (Wildman–Crippen MR) is 112 cm³/mol. The van der Waals surface area contributed by atoms with Crippen molar-refractivity contribution < 1.29 is 14.0 Å². The number of benzene rings is 1. The fourth-order valence-corrected chi connectivity index (χ4v) is 4.91. The zero-order chi connectivity index (χ0) is 19.4. The van der Waals surface area contributed by atoms with Gasteiger partial charge < -0.3 is 9.42 Å². The lowest BCUT2D eigenvalue weighted by molar-refractivity contribution is 0.0844. The Hall–Kier alpha value is -0.630. The van der Waals surface area contributed by atoms with Gasteiger partial charge in [-0.05, 0) is 36.8 Å². The maximum atomic E-state index is 12.9. The minimum absolute atomic E-state index is 0.149. The summed E-state index contributed by atoms with van der Waals surface area (Å²) in [6.07, 6.45) is 9.77. The average Bonchev–Trinajstić information content (AvgIpc) is 2.65. The van der Waals surface area contributed by atoms with E-state index in [4.69, 9.17) is 4.52 Å². The zero-order valence-electron chi connectivity index (χ0n) is 17.2. The Labute approximate surface area is 161 Å². The molecule has 1 aromatic rings.